The number of anilines is 1. The third kappa shape index (κ3) is 8.64. The predicted octanol–water partition coefficient (Wildman–Crippen LogP) is 2.83. The normalized spacial score (nSPS) is 19.7. The number of piperidine rings is 3. The number of carbonyl (C=O) groups excluding carboxylic acids is 5. The predicted molar refractivity (Wildman–Crippen MR) is 193 cm³/mol. The number of para-hydroxylation sites is 1. The average Bonchev–Trinajstić information content (AvgIpc) is 3.33. The number of likely N-dealkylation sites (tertiary alicyclic amines) is 3. The number of amides is 5. The molecule has 4 heterocycles. The number of hydrogen-bond acceptors (Lipinski definition) is 8. The lowest BCUT2D eigenvalue weighted by Crippen LogP contribution is -2.52. The van der Waals surface area contributed by atoms with Crippen molar-refractivity contribution >= 4 is 48.9 Å². The summed E-state index contributed by atoms with van der Waals surface area (Å²) in [4.78, 5) is 71.8. The van der Waals surface area contributed by atoms with Gasteiger partial charge in [0.15, 0.2) is 6.10 Å². The van der Waals surface area contributed by atoms with E-state index in [1.54, 1.807) is 33.8 Å². The maximum atomic E-state index is 14.0. The maximum Gasteiger partial charge on any atom is 0.410 e. The van der Waals surface area contributed by atoms with Crippen molar-refractivity contribution in [3.8, 4) is 5.75 Å². The van der Waals surface area contributed by atoms with Crippen molar-refractivity contribution in [3.05, 3.63) is 53.6 Å². The third-order valence-corrected chi connectivity index (χ3v) is 11.1. The lowest BCUT2D eigenvalue weighted by Gasteiger charge is -2.41. The number of aromatic hydroxyl groups is 1. The van der Waals surface area contributed by atoms with Crippen molar-refractivity contribution < 1.29 is 38.6 Å². The number of phenolic OH excluding ortho intramolecular Hbond substituents is 1. The number of nitrogens with one attached hydrogen (secondary N) is 1. The molecule has 3 saturated heterocycles. The molecule has 14 heteroatoms. The Morgan fingerprint density at radius 2 is 1.50 bits per heavy atom. The smallest absolute Gasteiger partial charge is 0.410 e. The van der Waals surface area contributed by atoms with E-state index in [1.807, 2.05) is 29.2 Å². The molecule has 5 amide bonds. The first-order chi connectivity index (χ1) is 25.1. The molecule has 1 atom stereocenters. The van der Waals surface area contributed by atoms with E-state index < -0.39 is 24.1 Å². The summed E-state index contributed by atoms with van der Waals surface area (Å²) in [7, 11) is 5.95. The molecule has 13 nitrogen and oxygen atoms in total. The van der Waals surface area contributed by atoms with Crippen molar-refractivity contribution in [2.75, 3.05) is 57.7 Å². The Kier molecular flexibility index (Phi) is 11.9. The number of nitrogens with zero attached hydrogens (tertiary/aromatic N) is 4. The molecular formula is C38H48BN5O8. The van der Waals surface area contributed by atoms with Crippen LogP contribution in [0.4, 0.5) is 15.3 Å². The van der Waals surface area contributed by atoms with Gasteiger partial charge in [0.25, 0.3) is 5.91 Å². The van der Waals surface area contributed by atoms with Crippen molar-refractivity contribution in [3.63, 3.8) is 0 Å². The van der Waals surface area contributed by atoms with E-state index >= 15 is 0 Å². The molecule has 2 N–H and O–H groups in total. The third-order valence-electron chi connectivity index (χ3n) is 11.1. The van der Waals surface area contributed by atoms with Gasteiger partial charge in [0.2, 0.25) is 0 Å². The summed E-state index contributed by atoms with van der Waals surface area (Å²) in [6, 6.07) is 12.4. The van der Waals surface area contributed by atoms with Gasteiger partial charge in [-0.2, -0.15) is 0 Å². The van der Waals surface area contributed by atoms with Crippen LogP contribution in [-0.2, 0) is 36.7 Å². The van der Waals surface area contributed by atoms with Crippen LogP contribution in [0.25, 0.3) is 0 Å². The van der Waals surface area contributed by atoms with Crippen LogP contribution in [0.3, 0.4) is 0 Å². The fourth-order valence-corrected chi connectivity index (χ4v) is 8.11. The van der Waals surface area contributed by atoms with Crippen LogP contribution in [0.5, 0.6) is 5.75 Å². The summed E-state index contributed by atoms with van der Waals surface area (Å²) in [6.07, 6.45) is 3.54. The number of esters is 1. The van der Waals surface area contributed by atoms with E-state index in [4.69, 9.17) is 17.3 Å². The topological polar surface area (TPSA) is 149 Å². The Bertz CT molecular complexity index is 1630. The summed E-state index contributed by atoms with van der Waals surface area (Å²) in [5.41, 5.74) is 2.76. The van der Waals surface area contributed by atoms with Crippen molar-refractivity contribution in [1.82, 2.24) is 19.6 Å². The maximum absolute atomic E-state index is 14.0. The van der Waals surface area contributed by atoms with Crippen LogP contribution in [-0.4, -0.2) is 127 Å². The van der Waals surface area contributed by atoms with Crippen LogP contribution >= 0.6 is 0 Å². The zero-order chi connectivity index (χ0) is 36.8. The Hall–Kier alpha value is -4.75. The van der Waals surface area contributed by atoms with E-state index in [2.05, 4.69) is 5.32 Å². The summed E-state index contributed by atoms with van der Waals surface area (Å²) >= 11 is 0. The highest BCUT2D eigenvalue weighted by atomic mass is 16.6. The molecule has 52 heavy (non-hydrogen) atoms. The van der Waals surface area contributed by atoms with Gasteiger partial charge >= 0.3 is 24.0 Å². The van der Waals surface area contributed by atoms with Crippen LogP contribution in [0, 0.1) is 11.8 Å². The number of fused-ring (bicyclic) bond motifs is 1. The number of hydrogen-bond donors (Lipinski definition) is 2. The van der Waals surface area contributed by atoms with Crippen LogP contribution < -0.4 is 10.8 Å². The van der Waals surface area contributed by atoms with Crippen LogP contribution in [0.15, 0.2) is 42.5 Å². The molecule has 0 aliphatic carbocycles. The number of benzene rings is 2. The summed E-state index contributed by atoms with van der Waals surface area (Å²) < 4.78 is 10.9. The van der Waals surface area contributed by atoms with E-state index in [0.717, 1.165) is 43.4 Å². The molecule has 0 spiro atoms. The minimum absolute atomic E-state index is 0.0256. The molecule has 3 fully saturated rings. The van der Waals surface area contributed by atoms with Gasteiger partial charge in [0.05, 0.1) is 6.61 Å². The van der Waals surface area contributed by atoms with Crippen LogP contribution in [0.1, 0.15) is 56.6 Å². The molecule has 6 rings (SSSR count). The zero-order valence-corrected chi connectivity index (χ0v) is 29.8. The molecule has 2 aromatic rings. The number of ether oxygens (including phenoxy) is 2. The first kappa shape index (κ1) is 37.0. The molecule has 0 saturated carbocycles. The standard InChI is InChI=1S/C38H48BN5O8/c1-2-51-36(48)35(47)42-18-11-27(12-19-42)26-9-16-41(17-10-26)34(46)33(24-25-7-8-32(45)30(39)23-25)52-38(50)43-20-14-29(15-21-43)44-22-13-28-5-3-4-6-31(28)40-37(44)49/h3-8,23,26-27,29,33,45H,2,9-22,24H2,1H3,(H,40,49)/t33-/m1/s1. The van der Waals surface area contributed by atoms with Gasteiger partial charge in [-0.25, -0.2) is 14.4 Å². The molecule has 276 valence electrons. The largest absolute Gasteiger partial charge is 0.509 e. The minimum atomic E-state index is -1.09. The van der Waals surface area contributed by atoms with E-state index in [0.29, 0.717) is 76.1 Å². The summed E-state index contributed by atoms with van der Waals surface area (Å²) in [6.45, 7) is 5.26. The average molecular weight is 714 g/mol. The number of carbonyl (C=O) groups is 5. The SMILES string of the molecule is [B]c1cc(C[C@@H](OC(=O)N2CCC(N3CCc4ccccc4NC3=O)CC2)C(=O)N2CCC(C3CCN(C(=O)C(=O)OCC)CC3)CC2)ccc1O. The van der Waals surface area contributed by atoms with Gasteiger partial charge in [-0.05, 0) is 87.0 Å². The first-order valence-electron chi connectivity index (χ1n) is 18.5. The monoisotopic (exact) mass is 713 g/mol. The first-order valence-corrected chi connectivity index (χ1v) is 18.5. The summed E-state index contributed by atoms with van der Waals surface area (Å²) in [5.74, 6) is -0.969. The number of phenols is 1. The minimum Gasteiger partial charge on any atom is -0.509 e. The van der Waals surface area contributed by atoms with Gasteiger partial charge in [0, 0.05) is 64.0 Å². The van der Waals surface area contributed by atoms with Gasteiger partial charge in [0.1, 0.15) is 13.6 Å². The highest BCUT2D eigenvalue weighted by Crippen LogP contribution is 2.33. The second kappa shape index (κ2) is 16.7. The van der Waals surface area contributed by atoms with E-state index in [1.165, 1.54) is 6.07 Å². The molecule has 0 aromatic heterocycles. The van der Waals surface area contributed by atoms with Crippen molar-refractivity contribution in [2.45, 2.75) is 70.4 Å². The second-order valence-corrected chi connectivity index (χ2v) is 14.2. The Labute approximate surface area is 306 Å². The fourth-order valence-electron chi connectivity index (χ4n) is 8.11. The number of rotatable bonds is 7. The van der Waals surface area contributed by atoms with Gasteiger partial charge in [-0.15, -0.1) is 0 Å². The van der Waals surface area contributed by atoms with Crippen molar-refractivity contribution in [1.29, 1.82) is 0 Å². The zero-order valence-electron chi connectivity index (χ0n) is 29.8. The quantitative estimate of drug-likeness (QED) is 0.253. The van der Waals surface area contributed by atoms with E-state index in [9.17, 15) is 29.1 Å². The molecule has 2 radical (unpaired) electrons. The fraction of sp³-hybridized carbons (Fsp3) is 0.553. The second-order valence-electron chi connectivity index (χ2n) is 14.2. The molecular weight excluding hydrogens is 665 g/mol. The Balaban J connectivity index is 1.03. The van der Waals surface area contributed by atoms with Crippen molar-refractivity contribution in [2.24, 2.45) is 11.8 Å². The Morgan fingerprint density at radius 3 is 2.15 bits per heavy atom. The molecule has 0 unspecified atom stereocenters. The molecule has 4 aliphatic heterocycles. The molecule has 0 bridgehead atoms. The van der Waals surface area contributed by atoms with Crippen LogP contribution in [0.2, 0.25) is 0 Å². The van der Waals surface area contributed by atoms with Gasteiger partial charge in [-0.3, -0.25) is 9.59 Å². The van der Waals surface area contributed by atoms with Gasteiger partial charge < -0.3 is 39.5 Å². The number of urea groups is 1. The lowest BCUT2D eigenvalue weighted by molar-refractivity contribution is -0.160. The molecule has 2 aromatic carbocycles. The summed E-state index contributed by atoms with van der Waals surface area (Å²) in [5, 5.41) is 13.0. The highest BCUT2D eigenvalue weighted by Gasteiger charge is 2.38. The highest BCUT2D eigenvalue weighted by molar-refractivity contribution is 6.34. The van der Waals surface area contributed by atoms with E-state index in [-0.39, 0.29) is 42.2 Å². The van der Waals surface area contributed by atoms with Gasteiger partial charge in [-0.1, -0.05) is 35.8 Å². The lowest BCUT2D eigenvalue weighted by atomic mass is 9.78. The Morgan fingerprint density at radius 1 is 0.865 bits per heavy atom. The molecule has 4 aliphatic rings.